The molecule has 0 aliphatic heterocycles. The van der Waals surface area contributed by atoms with E-state index in [-0.39, 0.29) is 0 Å². The van der Waals surface area contributed by atoms with Crippen LogP contribution in [0.3, 0.4) is 0 Å². The van der Waals surface area contributed by atoms with Crippen LogP contribution in [-0.2, 0) is 16.6 Å². The summed E-state index contributed by atoms with van der Waals surface area (Å²) < 4.78 is 26.7. The topological polar surface area (TPSA) is 49.4 Å². The van der Waals surface area contributed by atoms with E-state index in [0.29, 0.717) is 16.7 Å². The van der Waals surface area contributed by atoms with Gasteiger partial charge in [-0.05, 0) is 42.3 Å². The zero-order valence-electron chi connectivity index (χ0n) is 12.8. The van der Waals surface area contributed by atoms with E-state index < -0.39 is 10.0 Å². The third kappa shape index (κ3) is 5.16. The quantitative estimate of drug-likeness (QED) is 0.712. The van der Waals surface area contributed by atoms with Gasteiger partial charge in [-0.2, -0.15) is 0 Å². The molecule has 1 aromatic rings. The molecule has 0 aliphatic rings. The first-order valence-electron chi connectivity index (χ1n) is 7.12. The van der Waals surface area contributed by atoms with Crippen molar-refractivity contribution in [2.75, 3.05) is 20.1 Å². The maximum absolute atomic E-state index is 12.4. The Morgan fingerprint density at radius 3 is 2.70 bits per heavy atom. The first-order chi connectivity index (χ1) is 9.37. The monoisotopic (exact) mass is 318 g/mol. The summed E-state index contributed by atoms with van der Waals surface area (Å²) in [5.74, 6) is 0.504. The Bertz CT molecular complexity index is 495. The van der Waals surface area contributed by atoms with Crippen molar-refractivity contribution in [3.63, 3.8) is 0 Å². The van der Waals surface area contributed by atoms with Gasteiger partial charge in [0.2, 0.25) is 0 Å². The summed E-state index contributed by atoms with van der Waals surface area (Å²) in [6, 6.07) is 1.79. The highest BCUT2D eigenvalue weighted by Gasteiger charge is 2.22. The van der Waals surface area contributed by atoms with E-state index >= 15 is 0 Å². The van der Waals surface area contributed by atoms with Crippen LogP contribution < -0.4 is 5.32 Å². The maximum Gasteiger partial charge on any atom is 0.252 e. The number of hydrogen-bond acceptors (Lipinski definition) is 4. The van der Waals surface area contributed by atoms with Crippen molar-refractivity contribution in [2.45, 2.75) is 44.4 Å². The van der Waals surface area contributed by atoms with Gasteiger partial charge in [0.1, 0.15) is 4.21 Å². The molecule has 0 saturated heterocycles. The van der Waals surface area contributed by atoms with Crippen LogP contribution in [0.5, 0.6) is 0 Å². The van der Waals surface area contributed by atoms with E-state index in [1.165, 1.54) is 15.6 Å². The van der Waals surface area contributed by atoms with Gasteiger partial charge in [0.25, 0.3) is 10.0 Å². The molecule has 0 bridgehead atoms. The Balaban J connectivity index is 2.67. The van der Waals surface area contributed by atoms with Crippen molar-refractivity contribution in [1.29, 1.82) is 0 Å². The summed E-state index contributed by atoms with van der Waals surface area (Å²) >= 11 is 1.31. The summed E-state index contributed by atoms with van der Waals surface area (Å²) in [6.07, 6.45) is 1.96. The van der Waals surface area contributed by atoms with Crippen molar-refractivity contribution < 1.29 is 8.42 Å². The molecular weight excluding hydrogens is 292 g/mol. The summed E-state index contributed by atoms with van der Waals surface area (Å²) in [5.41, 5.74) is 1.04. The Morgan fingerprint density at radius 2 is 2.10 bits per heavy atom. The van der Waals surface area contributed by atoms with Crippen molar-refractivity contribution in [2.24, 2.45) is 5.92 Å². The van der Waals surface area contributed by atoms with Crippen molar-refractivity contribution >= 4 is 21.4 Å². The average Bonchev–Trinajstić information content (AvgIpc) is 2.85. The second-order valence-electron chi connectivity index (χ2n) is 5.46. The fourth-order valence-electron chi connectivity index (χ4n) is 1.70. The molecule has 20 heavy (non-hydrogen) atoms. The van der Waals surface area contributed by atoms with Gasteiger partial charge in [0, 0.05) is 20.1 Å². The summed E-state index contributed by atoms with van der Waals surface area (Å²) in [7, 11) is -1.66. The molecule has 116 valence electrons. The summed E-state index contributed by atoms with van der Waals surface area (Å²) in [5, 5.41) is 5.21. The number of nitrogens with zero attached hydrogens (tertiary/aromatic N) is 1. The van der Waals surface area contributed by atoms with Crippen molar-refractivity contribution in [1.82, 2.24) is 9.62 Å². The standard InChI is InChI=1S/C14H26N2O2S2/c1-5-7-15-10-13-9-14(19-11-13)20(17,18)16(4)8-6-12(2)3/h9,11-12,15H,5-8,10H2,1-4H3. The average molecular weight is 319 g/mol. The zero-order chi connectivity index (χ0) is 15.2. The SMILES string of the molecule is CCCNCc1csc(S(=O)(=O)N(C)CCC(C)C)c1. The van der Waals surface area contributed by atoms with Crippen LogP contribution in [-0.4, -0.2) is 32.9 Å². The molecule has 0 radical (unpaired) electrons. The molecule has 1 aromatic heterocycles. The van der Waals surface area contributed by atoms with Gasteiger partial charge in [-0.3, -0.25) is 0 Å². The minimum atomic E-state index is -3.32. The van der Waals surface area contributed by atoms with E-state index in [9.17, 15) is 8.42 Å². The third-order valence-corrected chi connectivity index (χ3v) is 6.39. The third-order valence-electron chi connectivity index (χ3n) is 3.07. The molecular formula is C14H26N2O2S2. The van der Waals surface area contributed by atoms with Gasteiger partial charge in [-0.25, -0.2) is 12.7 Å². The van der Waals surface area contributed by atoms with Crippen LogP contribution in [0.25, 0.3) is 0 Å². The van der Waals surface area contributed by atoms with E-state index in [0.717, 1.165) is 31.5 Å². The lowest BCUT2D eigenvalue weighted by molar-refractivity contribution is 0.429. The number of rotatable bonds is 9. The molecule has 6 heteroatoms. The number of thiophene rings is 1. The zero-order valence-corrected chi connectivity index (χ0v) is 14.5. The van der Waals surface area contributed by atoms with Crippen LogP contribution in [0.15, 0.2) is 15.7 Å². The highest BCUT2D eigenvalue weighted by atomic mass is 32.2. The molecule has 0 atom stereocenters. The molecule has 0 amide bonds. The molecule has 1 heterocycles. The van der Waals surface area contributed by atoms with E-state index in [1.807, 2.05) is 5.38 Å². The number of sulfonamides is 1. The van der Waals surface area contributed by atoms with Crippen LogP contribution >= 0.6 is 11.3 Å². The van der Waals surface area contributed by atoms with Gasteiger partial charge >= 0.3 is 0 Å². The van der Waals surface area contributed by atoms with Gasteiger partial charge in [0.15, 0.2) is 0 Å². The maximum atomic E-state index is 12.4. The molecule has 4 nitrogen and oxygen atoms in total. The fourth-order valence-corrected chi connectivity index (χ4v) is 4.31. The smallest absolute Gasteiger partial charge is 0.252 e. The normalized spacial score (nSPS) is 12.5. The lowest BCUT2D eigenvalue weighted by Gasteiger charge is -2.16. The molecule has 0 saturated carbocycles. The van der Waals surface area contributed by atoms with Crippen molar-refractivity contribution in [3.8, 4) is 0 Å². The van der Waals surface area contributed by atoms with Gasteiger partial charge in [0.05, 0.1) is 0 Å². The molecule has 1 N–H and O–H groups in total. The molecule has 0 spiro atoms. The predicted molar refractivity (Wildman–Crippen MR) is 85.6 cm³/mol. The van der Waals surface area contributed by atoms with Crippen LogP contribution in [0.1, 0.15) is 39.2 Å². The molecule has 0 fully saturated rings. The van der Waals surface area contributed by atoms with Gasteiger partial charge in [-0.15, -0.1) is 11.3 Å². The van der Waals surface area contributed by atoms with Crippen molar-refractivity contribution in [3.05, 3.63) is 17.0 Å². The predicted octanol–water partition coefficient (Wildman–Crippen LogP) is 2.91. The van der Waals surface area contributed by atoms with Crippen LogP contribution in [0, 0.1) is 5.92 Å². The molecule has 0 unspecified atom stereocenters. The first kappa shape index (κ1) is 17.6. The highest BCUT2D eigenvalue weighted by Crippen LogP contribution is 2.23. The van der Waals surface area contributed by atoms with Gasteiger partial charge < -0.3 is 5.32 Å². The fraction of sp³-hybridized carbons (Fsp3) is 0.714. The minimum absolute atomic E-state index is 0.442. The highest BCUT2D eigenvalue weighted by molar-refractivity contribution is 7.91. The second-order valence-corrected chi connectivity index (χ2v) is 8.64. The summed E-state index contributed by atoms with van der Waals surface area (Å²) in [6.45, 7) is 8.56. The molecule has 1 rings (SSSR count). The Kier molecular flexibility index (Phi) is 7.15. The second kappa shape index (κ2) is 8.12. The molecule has 0 aromatic carbocycles. The largest absolute Gasteiger partial charge is 0.313 e. The number of hydrogen-bond donors (Lipinski definition) is 1. The van der Waals surface area contributed by atoms with E-state index in [1.54, 1.807) is 13.1 Å². The number of nitrogens with one attached hydrogen (secondary N) is 1. The van der Waals surface area contributed by atoms with E-state index in [4.69, 9.17) is 0 Å². The molecule has 0 aliphatic carbocycles. The first-order valence-corrected chi connectivity index (χ1v) is 9.44. The Labute approximate surface area is 127 Å². The van der Waals surface area contributed by atoms with Gasteiger partial charge in [-0.1, -0.05) is 20.8 Å². The summed E-state index contributed by atoms with van der Waals surface area (Å²) in [4.78, 5) is 0. The van der Waals surface area contributed by atoms with E-state index in [2.05, 4.69) is 26.1 Å². The Morgan fingerprint density at radius 1 is 1.40 bits per heavy atom. The lowest BCUT2D eigenvalue weighted by Crippen LogP contribution is -2.28. The lowest BCUT2D eigenvalue weighted by atomic mass is 10.1. The Hall–Kier alpha value is -0.430. The van der Waals surface area contributed by atoms with Crippen LogP contribution in [0.2, 0.25) is 0 Å². The minimum Gasteiger partial charge on any atom is -0.313 e. The van der Waals surface area contributed by atoms with Crippen LogP contribution in [0.4, 0.5) is 0 Å².